The molecule has 42 heavy (non-hydrogen) atoms. The summed E-state index contributed by atoms with van der Waals surface area (Å²) in [5.74, 6) is 2.38. The van der Waals surface area contributed by atoms with Gasteiger partial charge in [-0.25, -0.2) is 0 Å². The molecule has 0 spiro atoms. The summed E-state index contributed by atoms with van der Waals surface area (Å²) in [5.41, 5.74) is 9.80. The Labute approximate surface area is 259 Å². The highest BCUT2D eigenvalue weighted by Gasteiger charge is 2.53. The number of halogens is 1. The summed E-state index contributed by atoms with van der Waals surface area (Å²) in [4.78, 5) is 2.50. The number of hydrogen-bond donors (Lipinski definition) is 0. The van der Waals surface area contributed by atoms with Gasteiger partial charge in [0.15, 0.2) is 0 Å². The molecule has 3 aromatic rings. The molecule has 3 heterocycles. The van der Waals surface area contributed by atoms with Crippen molar-refractivity contribution in [3.05, 3.63) is 86.5 Å². The Bertz CT molecular complexity index is 1360. The lowest BCUT2D eigenvalue weighted by atomic mass is 9.83. The van der Waals surface area contributed by atoms with E-state index in [1.54, 1.807) is 0 Å². The molecule has 6 heteroatoms. The lowest BCUT2D eigenvalue weighted by Crippen LogP contribution is -2.52. The molecule has 2 bridgehead atoms. The number of aryl methyl sites for hydroxylation is 3. The van der Waals surface area contributed by atoms with Crippen LogP contribution in [0.25, 0.3) is 0 Å². The lowest BCUT2D eigenvalue weighted by Gasteiger charge is -2.39. The maximum Gasteiger partial charge on any atom is 0.818 e. The van der Waals surface area contributed by atoms with Crippen LogP contribution in [-0.4, -0.2) is 13.0 Å². The molecule has 226 valence electrons. The third-order valence-corrected chi connectivity index (χ3v) is 10.2. The largest absolute Gasteiger partial charge is 0.818 e. The molecule has 0 N–H and O–H groups in total. The zero-order chi connectivity index (χ0) is 31.0. The van der Waals surface area contributed by atoms with Crippen LogP contribution in [0.5, 0.6) is 17.2 Å². The fourth-order valence-corrected chi connectivity index (χ4v) is 8.52. The maximum absolute atomic E-state index is 7.70. The molecule has 0 aromatic heterocycles. The van der Waals surface area contributed by atoms with Crippen LogP contribution in [0.1, 0.15) is 112 Å². The van der Waals surface area contributed by atoms with Crippen molar-refractivity contribution in [1.29, 1.82) is 0 Å². The van der Waals surface area contributed by atoms with Crippen molar-refractivity contribution in [3.8, 4) is 17.2 Å². The number of hydrogen-bond acceptors (Lipinski definition) is 4. The molecular weight excluding hydrogens is 558 g/mol. The highest BCUT2D eigenvalue weighted by Crippen LogP contribution is 2.46. The maximum atomic E-state index is 7.70. The first-order valence-corrected chi connectivity index (χ1v) is 17.9. The van der Waals surface area contributed by atoms with Crippen LogP contribution < -0.4 is 13.3 Å². The monoisotopic (exact) mass is 605 g/mol. The SMILES string of the molecule is Cc1cc2c(c(C(C)(C)C)c1)O[Si]1(Cl)Oc3c(cc(C)cc3C(C)(C)C)CN(C2)Cc2cc(C)cc(C(C)(C)C)c2O1. The molecule has 6 rings (SSSR count). The van der Waals surface area contributed by atoms with Crippen molar-refractivity contribution in [2.24, 2.45) is 0 Å². The Morgan fingerprint density at radius 1 is 0.524 bits per heavy atom. The van der Waals surface area contributed by atoms with E-state index < -0.39 is 8.11 Å². The van der Waals surface area contributed by atoms with Crippen molar-refractivity contribution in [2.75, 3.05) is 0 Å². The Balaban J connectivity index is 1.86. The van der Waals surface area contributed by atoms with E-state index in [0.29, 0.717) is 0 Å². The Morgan fingerprint density at radius 3 is 1.02 bits per heavy atom. The van der Waals surface area contributed by atoms with Gasteiger partial charge >= 0.3 is 8.11 Å². The summed E-state index contributed by atoms with van der Waals surface area (Å²) in [5, 5.41) is 0. The molecule has 3 aliphatic heterocycles. The Hall–Kier alpha value is -2.47. The minimum absolute atomic E-state index is 0.168. The number of benzene rings is 3. The molecule has 0 saturated heterocycles. The van der Waals surface area contributed by atoms with Gasteiger partial charge in [0.2, 0.25) is 0 Å². The number of nitrogens with zero attached hydrogens (tertiary/aromatic N) is 1. The van der Waals surface area contributed by atoms with E-state index in [9.17, 15) is 0 Å². The van der Waals surface area contributed by atoms with Crippen LogP contribution in [0.3, 0.4) is 0 Å². The van der Waals surface area contributed by atoms with Crippen LogP contribution in [0.2, 0.25) is 0 Å². The summed E-state index contributed by atoms with van der Waals surface area (Å²) in [6.45, 7) is 28.6. The van der Waals surface area contributed by atoms with Gasteiger partial charge < -0.3 is 13.3 Å². The lowest BCUT2D eigenvalue weighted by molar-refractivity contribution is 0.213. The molecule has 3 aliphatic rings. The zero-order valence-corrected chi connectivity index (χ0v) is 29.4. The highest BCUT2D eigenvalue weighted by atomic mass is 35.6. The Morgan fingerprint density at radius 2 is 0.786 bits per heavy atom. The van der Waals surface area contributed by atoms with Gasteiger partial charge in [-0.2, -0.15) is 0 Å². The minimum atomic E-state index is -3.95. The van der Waals surface area contributed by atoms with Gasteiger partial charge in [0, 0.05) is 36.3 Å². The normalized spacial score (nSPS) is 20.6. The second-order valence-corrected chi connectivity index (χ2v) is 18.5. The van der Waals surface area contributed by atoms with Gasteiger partial charge in [0.05, 0.1) is 0 Å². The van der Waals surface area contributed by atoms with Gasteiger partial charge in [0.1, 0.15) is 17.2 Å². The fraction of sp³-hybridized carbons (Fsp3) is 0.500. The van der Waals surface area contributed by atoms with Crippen molar-refractivity contribution < 1.29 is 13.3 Å². The van der Waals surface area contributed by atoms with Gasteiger partial charge in [-0.05, 0) is 64.8 Å². The fourth-order valence-electron chi connectivity index (χ4n) is 6.25. The van der Waals surface area contributed by atoms with E-state index in [2.05, 4.69) is 124 Å². The third-order valence-electron chi connectivity index (χ3n) is 8.21. The van der Waals surface area contributed by atoms with E-state index >= 15 is 0 Å². The highest BCUT2D eigenvalue weighted by molar-refractivity contribution is 7.10. The molecule has 4 nitrogen and oxygen atoms in total. The van der Waals surface area contributed by atoms with E-state index in [0.717, 1.165) is 70.3 Å². The smallest absolute Gasteiger partial charge is 0.471 e. The van der Waals surface area contributed by atoms with Crippen molar-refractivity contribution in [3.63, 3.8) is 0 Å². The summed E-state index contributed by atoms with van der Waals surface area (Å²) in [7, 11) is -3.95. The van der Waals surface area contributed by atoms with Crippen molar-refractivity contribution in [2.45, 2.75) is 119 Å². The standard InChI is InChI=1S/C36H48ClNO3Si/c1-22-13-25-19-38-20-26-14-23(2)17-29(35(7,8)9)32(26)40-42(37,39-31(25)28(16-22)34(4,5)6)41-33-27(21-38)15-24(3)18-30(33)36(10,11)12/h13-18H,19-21H2,1-12H3. The second kappa shape index (κ2) is 10.3. The first-order chi connectivity index (χ1) is 19.2. The van der Waals surface area contributed by atoms with Crippen LogP contribution in [-0.2, 0) is 35.9 Å². The Kier molecular flexibility index (Phi) is 7.61. The second-order valence-electron chi connectivity index (χ2n) is 15.6. The molecular formula is C36H48ClNO3Si. The quantitative estimate of drug-likeness (QED) is 0.189. The van der Waals surface area contributed by atoms with E-state index in [1.165, 1.54) is 16.7 Å². The molecule has 3 aromatic carbocycles. The average molecular weight is 606 g/mol. The van der Waals surface area contributed by atoms with E-state index in [1.807, 2.05) is 0 Å². The van der Waals surface area contributed by atoms with Gasteiger partial charge in [-0.1, -0.05) is 115 Å². The number of rotatable bonds is 0. The van der Waals surface area contributed by atoms with Gasteiger partial charge in [0.25, 0.3) is 0 Å². The minimum Gasteiger partial charge on any atom is -0.471 e. The summed E-state index contributed by atoms with van der Waals surface area (Å²) >= 11 is 7.70. The average Bonchev–Trinajstić information content (AvgIpc) is 2.81. The summed E-state index contributed by atoms with van der Waals surface area (Å²) in [6, 6.07) is 13.4. The van der Waals surface area contributed by atoms with Crippen LogP contribution >= 0.6 is 11.1 Å². The molecule has 0 amide bonds. The van der Waals surface area contributed by atoms with Crippen molar-refractivity contribution in [1.82, 2.24) is 4.90 Å². The molecule has 0 saturated carbocycles. The molecule has 0 aliphatic carbocycles. The van der Waals surface area contributed by atoms with Crippen LogP contribution in [0.15, 0.2) is 36.4 Å². The topological polar surface area (TPSA) is 30.9 Å². The van der Waals surface area contributed by atoms with Crippen LogP contribution in [0, 0.1) is 20.8 Å². The molecule has 0 fully saturated rings. The van der Waals surface area contributed by atoms with Crippen molar-refractivity contribution >= 4 is 19.2 Å². The third kappa shape index (κ3) is 6.11. The van der Waals surface area contributed by atoms with Gasteiger partial charge in [-0.15, -0.1) is 0 Å². The van der Waals surface area contributed by atoms with Gasteiger partial charge in [-0.3, -0.25) is 4.90 Å². The first kappa shape index (κ1) is 31.0. The molecule has 0 radical (unpaired) electrons. The molecule has 0 unspecified atom stereocenters. The van der Waals surface area contributed by atoms with Crippen LogP contribution in [0.4, 0.5) is 0 Å². The molecule has 0 atom stereocenters. The predicted octanol–water partition coefficient (Wildman–Crippen LogP) is 9.54. The van der Waals surface area contributed by atoms with E-state index in [-0.39, 0.29) is 16.2 Å². The predicted molar refractivity (Wildman–Crippen MR) is 176 cm³/mol. The summed E-state index contributed by atoms with van der Waals surface area (Å²) < 4.78 is 21.1. The van der Waals surface area contributed by atoms with E-state index in [4.69, 9.17) is 24.4 Å². The summed E-state index contributed by atoms with van der Waals surface area (Å²) in [6.07, 6.45) is 0. The zero-order valence-electron chi connectivity index (χ0n) is 27.6. The first-order valence-electron chi connectivity index (χ1n) is 15.1.